The Morgan fingerprint density at radius 2 is 1.61 bits per heavy atom. The van der Waals surface area contributed by atoms with Gasteiger partial charge in [-0.05, 0) is 39.2 Å². The van der Waals surface area contributed by atoms with Crippen molar-refractivity contribution in [2.24, 2.45) is 0 Å². The molecule has 1 N–H and O–H groups in total. The zero-order valence-corrected chi connectivity index (χ0v) is 13.0. The van der Waals surface area contributed by atoms with Crippen LogP contribution < -0.4 is 5.32 Å². The maximum Gasteiger partial charge on any atom is 0.188 e. The van der Waals surface area contributed by atoms with E-state index in [0.29, 0.717) is 6.04 Å². The zero-order valence-electron chi connectivity index (χ0n) is 12.2. The van der Waals surface area contributed by atoms with Gasteiger partial charge < -0.3 is 5.32 Å². The third kappa shape index (κ3) is 4.58. The number of hydrogen-bond acceptors (Lipinski definition) is 4. The third-order valence-corrected chi connectivity index (χ3v) is 4.21. The summed E-state index contributed by atoms with van der Waals surface area (Å²) in [7, 11) is 0. The third-order valence-electron chi connectivity index (χ3n) is 3.36. The fourth-order valence-corrected chi connectivity index (χ4v) is 2.59. The van der Waals surface area contributed by atoms with E-state index in [1.165, 1.54) is 18.4 Å². The van der Waals surface area contributed by atoms with Crippen molar-refractivity contribution in [3.05, 3.63) is 17.0 Å². The van der Waals surface area contributed by atoms with Crippen molar-refractivity contribution in [3.8, 4) is 0 Å². The second-order valence-corrected chi connectivity index (χ2v) is 5.68. The average molecular weight is 267 g/mol. The van der Waals surface area contributed by atoms with Crippen molar-refractivity contribution in [2.45, 2.75) is 58.7 Å². The maximum absolute atomic E-state index is 4.51. The number of rotatable bonds is 7. The van der Waals surface area contributed by atoms with E-state index in [9.17, 15) is 0 Å². The van der Waals surface area contributed by atoms with Crippen LogP contribution in [0.5, 0.6) is 0 Å². The zero-order chi connectivity index (χ0) is 13.5. The molecule has 0 amide bonds. The maximum atomic E-state index is 4.51. The highest BCUT2D eigenvalue weighted by atomic mass is 32.2. The lowest BCUT2D eigenvalue weighted by Crippen LogP contribution is -2.29. The smallest absolute Gasteiger partial charge is 0.188 e. The molecule has 3 nitrogen and oxygen atoms in total. The normalized spacial score (nSPS) is 11.2. The van der Waals surface area contributed by atoms with Gasteiger partial charge in [0.2, 0.25) is 0 Å². The van der Waals surface area contributed by atoms with E-state index < -0.39 is 0 Å². The van der Waals surface area contributed by atoms with Gasteiger partial charge in [-0.3, -0.25) is 0 Å². The van der Waals surface area contributed by atoms with Gasteiger partial charge in [0, 0.05) is 29.7 Å². The topological polar surface area (TPSA) is 37.8 Å². The molecule has 1 aromatic heterocycles. The largest absolute Gasteiger partial charge is 0.313 e. The minimum atomic E-state index is 0.646. The van der Waals surface area contributed by atoms with Gasteiger partial charge >= 0.3 is 0 Å². The molecule has 1 rings (SSSR count). The molecule has 0 saturated carbocycles. The summed E-state index contributed by atoms with van der Waals surface area (Å²) in [6, 6.07) is 0.646. The molecule has 0 aliphatic carbocycles. The summed E-state index contributed by atoms with van der Waals surface area (Å²) in [5.41, 5.74) is 3.39. The van der Waals surface area contributed by atoms with E-state index in [1.807, 2.05) is 0 Å². The Hall–Kier alpha value is -0.610. The highest BCUT2D eigenvalue weighted by molar-refractivity contribution is 7.99. The Kier molecular flexibility index (Phi) is 6.65. The van der Waals surface area contributed by atoms with Crippen LogP contribution >= 0.6 is 11.8 Å². The molecule has 0 aliphatic heterocycles. The van der Waals surface area contributed by atoms with Crippen molar-refractivity contribution in [1.82, 2.24) is 15.3 Å². The van der Waals surface area contributed by atoms with Crippen LogP contribution in [0.4, 0.5) is 0 Å². The minimum Gasteiger partial charge on any atom is -0.313 e. The van der Waals surface area contributed by atoms with Gasteiger partial charge in [0.25, 0.3) is 0 Å². The fraction of sp³-hybridized carbons (Fsp3) is 0.714. The second kappa shape index (κ2) is 7.74. The van der Waals surface area contributed by atoms with Crippen molar-refractivity contribution in [3.63, 3.8) is 0 Å². The van der Waals surface area contributed by atoms with Crippen LogP contribution in [-0.4, -0.2) is 28.3 Å². The van der Waals surface area contributed by atoms with Gasteiger partial charge in [-0.15, -0.1) is 0 Å². The molecular weight excluding hydrogens is 242 g/mol. The summed E-state index contributed by atoms with van der Waals surface area (Å²) >= 11 is 1.74. The number of aromatic nitrogens is 2. The molecule has 18 heavy (non-hydrogen) atoms. The number of nitrogens with zero attached hydrogens (tertiary/aromatic N) is 2. The summed E-state index contributed by atoms with van der Waals surface area (Å²) in [6.45, 7) is 11.7. The number of nitrogens with one attached hydrogen (secondary N) is 1. The fourth-order valence-electron chi connectivity index (χ4n) is 1.79. The SMILES string of the molecule is CCC(CC)NCCSc1nc(C)c(C)c(C)n1. The Morgan fingerprint density at radius 3 is 2.11 bits per heavy atom. The van der Waals surface area contributed by atoms with Gasteiger partial charge in [0.05, 0.1) is 0 Å². The van der Waals surface area contributed by atoms with E-state index in [2.05, 4.69) is 49.9 Å². The van der Waals surface area contributed by atoms with Crippen molar-refractivity contribution < 1.29 is 0 Å². The van der Waals surface area contributed by atoms with Crippen LogP contribution in [-0.2, 0) is 0 Å². The average Bonchev–Trinajstić information content (AvgIpc) is 2.36. The van der Waals surface area contributed by atoms with E-state index in [0.717, 1.165) is 28.8 Å². The van der Waals surface area contributed by atoms with E-state index in [-0.39, 0.29) is 0 Å². The van der Waals surface area contributed by atoms with Gasteiger partial charge in [0.1, 0.15) is 0 Å². The summed E-state index contributed by atoms with van der Waals surface area (Å²) in [5.74, 6) is 1.03. The molecule has 0 bridgehead atoms. The van der Waals surface area contributed by atoms with E-state index >= 15 is 0 Å². The molecular formula is C14H25N3S. The summed E-state index contributed by atoms with van der Waals surface area (Å²) in [6.07, 6.45) is 2.39. The van der Waals surface area contributed by atoms with Crippen LogP contribution in [0.25, 0.3) is 0 Å². The molecule has 0 unspecified atom stereocenters. The number of aryl methyl sites for hydroxylation is 2. The summed E-state index contributed by atoms with van der Waals surface area (Å²) in [4.78, 5) is 9.03. The van der Waals surface area contributed by atoms with Crippen LogP contribution in [0, 0.1) is 20.8 Å². The van der Waals surface area contributed by atoms with Crippen molar-refractivity contribution in [2.75, 3.05) is 12.3 Å². The Bertz CT molecular complexity index is 352. The van der Waals surface area contributed by atoms with Crippen LogP contribution in [0.15, 0.2) is 5.16 Å². The van der Waals surface area contributed by atoms with Crippen LogP contribution in [0.3, 0.4) is 0 Å². The van der Waals surface area contributed by atoms with Crippen molar-refractivity contribution in [1.29, 1.82) is 0 Å². The molecule has 0 radical (unpaired) electrons. The standard InChI is InChI=1S/C14H25N3S/c1-6-13(7-2)15-8-9-18-14-16-11(4)10(3)12(5)17-14/h13,15H,6-9H2,1-5H3. The molecule has 0 atom stereocenters. The lowest BCUT2D eigenvalue weighted by Gasteiger charge is -2.14. The highest BCUT2D eigenvalue weighted by Crippen LogP contribution is 2.16. The monoisotopic (exact) mass is 267 g/mol. The molecule has 0 saturated heterocycles. The lowest BCUT2D eigenvalue weighted by atomic mass is 10.2. The van der Waals surface area contributed by atoms with Crippen molar-refractivity contribution >= 4 is 11.8 Å². The molecule has 1 heterocycles. The van der Waals surface area contributed by atoms with Crippen LogP contribution in [0.2, 0.25) is 0 Å². The molecule has 102 valence electrons. The summed E-state index contributed by atoms with van der Waals surface area (Å²) < 4.78 is 0. The first-order valence-electron chi connectivity index (χ1n) is 6.76. The summed E-state index contributed by atoms with van der Waals surface area (Å²) in [5, 5.41) is 4.46. The highest BCUT2D eigenvalue weighted by Gasteiger charge is 2.06. The van der Waals surface area contributed by atoms with E-state index in [1.54, 1.807) is 11.8 Å². The predicted molar refractivity (Wildman–Crippen MR) is 79.3 cm³/mol. The first kappa shape index (κ1) is 15.4. The predicted octanol–water partition coefficient (Wildman–Crippen LogP) is 3.27. The first-order valence-corrected chi connectivity index (χ1v) is 7.75. The molecule has 0 fully saturated rings. The molecule has 4 heteroatoms. The Balaban J connectivity index is 2.40. The van der Waals surface area contributed by atoms with Gasteiger partial charge in [0.15, 0.2) is 5.16 Å². The lowest BCUT2D eigenvalue weighted by molar-refractivity contribution is 0.501. The Morgan fingerprint density at radius 1 is 1.06 bits per heavy atom. The molecule has 0 spiro atoms. The van der Waals surface area contributed by atoms with Gasteiger partial charge in [-0.25, -0.2) is 9.97 Å². The quantitative estimate of drug-likeness (QED) is 0.467. The minimum absolute atomic E-state index is 0.646. The molecule has 1 aromatic rings. The molecule has 0 aliphatic rings. The molecule has 0 aromatic carbocycles. The van der Waals surface area contributed by atoms with Gasteiger partial charge in [-0.1, -0.05) is 25.6 Å². The van der Waals surface area contributed by atoms with Crippen LogP contribution in [0.1, 0.15) is 43.6 Å². The van der Waals surface area contributed by atoms with Gasteiger partial charge in [-0.2, -0.15) is 0 Å². The first-order chi connectivity index (χ1) is 8.58. The number of thioether (sulfide) groups is 1. The van der Waals surface area contributed by atoms with E-state index in [4.69, 9.17) is 0 Å². The number of hydrogen-bond donors (Lipinski definition) is 1. The Labute approximate surface area is 115 Å². The second-order valence-electron chi connectivity index (χ2n) is 4.62.